The topological polar surface area (TPSA) is 110 Å². The number of hydrogen-bond acceptors (Lipinski definition) is 7. The lowest BCUT2D eigenvalue weighted by atomic mass is 10.1. The Kier molecular flexibility index (Phi) is 5.05. The highest BCUT2D eigenvalue weighted by molar-refractivity contribution is 7.12. The Balaban J connectivity index is 1.47. The fourth-order valence-corrected chi connectivity index (χ4v) is 3.57. The molecular weight excluding hydrogens is 390 g/mol. The number of aryl methyl sites for hydroxylation is 1. The van der Waals surface area contributed by atoms with E-state index < -0.39 is 18.0 Å². The molecule has 8 nitrogen and oxygen atoms in total. The van der Waals surface area contributed by atoms with Crippen molar-refractivity contribution in [3.8, 4) is 11.1 Å². The van der Waals surface area contributed by atoms with Crippen molar-refractivity contribution < 1.29 is 14.3 Å². The van der Waals surface area contributed by atoms with E-state index in [0.717, 1.165) is 16.7 Å². The maximum absolute atomic E-state index is 12.7. The van der Waals surface area contributed by atoms with E-state index in [4.69, 9.17) is 4.74 Å². The number of carbonyl (C=O) groups excluding carboxylic acids is 2. The molecule has 0 radical (unpaired) electrons. The molecule has 4 aromatic rings. The molecule has 0 bridgehead atoms. The fraction of sp³-hybridized carbons (Fsp3) is 0.150. The van der Waals surface area contributed by atoms with E-state index in [2.05, 4.69) is 25.3 Å². The first-order valence-corrected chi connectivity index (χ1v) is 9.71. The van der Waals surface area contributed by atoms with Crippen LogP contribution in [0.15, 0.2) is 48.4 Å². The van der Waals surface area contributed by atoms with Crippen LogP contribution in [-0.4, -0.2) is 37.9 Å². The Hall–Kier alpha value is -3.59. The Bertz CT molecular complexity index is 1180. The lowest BCUT2D eigenvalue weighted by Gasteiger charge is -2.13. The summed E-state index contributed by atoms with van der Waals surface area (Å²) < 4.78 is 5.40. The van der Waals surface area contributed by atoms with Gasteiger partial charge in [-0.25, -0.2) is 19.7 Å². The average Bonchev–Trinajstić information content (AvgIpc) is 3.38. The molecule has 9 heteroatoms. The molecule has 3 heterocycles. The number of imidazole rings is 1. The van der Waals surface area contributed by atoms with Crippen molar-refractivity contribution in [2.45, 2.75) is 20.0 Å². The van der Waals surface area contributed by atoms with Crippen LogP contribution >= 0.6 is 11.3 Å². The van der Waals surface area contributed by atoms with Crippen LogP contribution in [0.3, 0.4) is 0 Å². The van der Waals surface area contributed by atoms with Crippen molar-refractivity contribution in [1.29, 1.82) is 0 Å². The van der Waals surface area contributed by atoms with E-state index in [0.29, 0.717) is 16.0 Å². The summed E-state index contributed by atoms with van der Waals surface area (Å²) in [4.78, 5) is 40.5. The maximum Gasteiger partial charge on any atom is 0.349 e. The molecular formula is C20H17N5O3S. The molecule has 146 valence electrons. The van der Waals surface area contributed by atoms with Crippen molar-refractivity contribution in [2.24, 2.45) is 0 Å². The third-order valence-electron chi connectivity index (χ3n) is 4.33. The van der Waals surface area contributed by atoms with Crippen LogP contribution in [0.5, 0.6) is 0 Å². The van der Waals surface area contributed by atoms with Crippen LogP contribution in [0.2, 0.25) is 0 Å². The molecule has 0 aliphatic rings. The number of carbonyl (C=O) groups is 2. The number of thiophene rings is 1. The molecule has 1 aromatic carbocycles. The highest BCUT2D eigenvalue weighted by Gasteiger charge is 2.23. The van der Waals surface area contributed by atoms with Crippen molar-refractivity contribution in [2.75, 3.05) is 5.32 Å². The number of fused-ring (bicyclic) bond motifs is 1. The number of rotatable bonds is 5. The number of hydrogen-bond donors (Lipinski definition) is 2. The Morgan fingerprint density at radius 1 is 1.14 bits per heavy atom. The molecule has 0 spiro atoms. The van der Waals surface area contributed by atoms with Crippen LogP contribution in [0.4, 0.5) is 5.82 Å². The molecule has 3 aromatic heterocycles. The van der Waals surface area contributed by atoms with Crippen LogP contribution in [0, 0.1) is 6.92 Å². The minimum Gasteiger partial charge on any atom is -0.448 e. The number of anilines is 1. The first-order chi connectivity index (χ1) is 14.0. The smallest absolute Gasteiger partial charge is 0.349 e. The largest absolute Gasteiger partial charge is 0.448 e. The highest BCUT2D eigenvalue weighted by atomic mass is 32.1. The Morgan fingerprint density at radius 3 is 2.72 bits per heavy atom. The normalized spacial score (nSPS) is 11.9. The molecule has 0 saturated heterocycles. The molecule has 0 fully saturated rings. The summed E-state index contributed by atoms with van der Waals surface area (Å²) in [5, 5.41) is 4.46. The van der Waals surface area contributed by atoms with Gasteiger partial charge in [0.1, 0.15) is 16.7 Å². The highest BCUT2D eigenvalue weighted by Crippen LogP contribution is 2.29. The van der Waals surface area contributed by atoms with Crippen LogP contribution < -0.4 is 5.32 Å². The lowest BCUT2D eigenvalue weighted by molar-refractivity contribution is -0.123. The van der Waals surface area contributed by atoms with Crippen molar-refractivity contribution >= 4 is 40.2 Å². The second-order valence-electron chi connectivity index (χ2n) is 6.39. The van der Waals surface area contributed by atoms with E-state index in [1.165, 1.54) is 30.9 Å². The standard InChI is InChI=1S/C20H17N5O3S/c1-11-3-5-13(6-4-11)14-7-8-29-16(14)20(27)28-12(2)19(26)25-18-15-17(22-9-21-15)23-10-24-18/h3-10,12H,1-2H3,(H2,21,22,23,24,25,26). The van der Waals surface area contributed by atoms with Gasteiger partial charge in [-0.3, -0.25) is 4.79 Å². The van der Waals surface area contributed by atoms with E-state index >= 15 is 0 Å². The molecule has 1 amide bonds. The summed E-state index contributed by atoms with van der Waals surface area (Å²) in [6, 6.07) is 9.74. The quantitative estimate of drug-likeness (QED) is 0.490. The predicted octanol–water partition coefficient (Wildman–Crippen LogP) is 3.57. The third-order valence-corrected chi connectivity index (χ3v) is 5.23. The summed E-state index contributed by atoms with van der Waals surface area (Å²) in [6.07, 6.45) is 1.75. The van der Waals surface area contributed by atoms with Crippen LogP contribution in [-0.2, 0) is 9.53 Å². The van der Waals surface area contributed by atoms with Gasteiger partial charge >= 0.3 is 5.97 Å². The number of esters is 1. The van der Waals surface area contributed by atoms with Gasteiger partial charge in [0.25, 0.3) is 5.91 Å². The summed E-state index contributed by atoms with van der Waals surface area (Å²) in [6.45, 7) is 3.51. The average molecular weight is 407 g/mol. The number of nitrogens with zero attached hydrogens (tertiary/aromatic N) is 3. The van der Waals surface area contributed by atoms with Gasteiger partial charge in [-0.2, -0.15) is 0 Å². The molecule has 1 unspecified atom stereocenters. The zero-order chi connectivity index (χ0) is 20.4. The zero-order valence-corrected chi connectivity index (χ0v) is 16.5. The zero-order valence-electron chi connectivity index (χ0n) is 15.7. The van der Waals surface area contributed by atoms with Crippen molar-refractivity contribution in [3.05, 3.63) is 58.8 Å². The van der Waals surface area contributed by atoms with Gasteiger partial charge in [0.2, 0.25) is 0 Å². The minimum absolute atomic E-state index is 0.275. The van der Waals surface area contributed by atoms with Crippen LogP contribution in [0.1, 0.15) is 22.2 Å². The molecule has 29 heavy (non-hydrogen) atoms. The second-order valence-corrected chi connectivity index (χ2v) is 7.31. The minimum atomic E-state index is -1.01. The molecule has 0 saturated carbocycles. The van der Waals surface area contributed by atoms with Gasteiger partial charge in [-0.1, -0.05) is 29.8 Å². The van der Waals surface area contributed by atoms with E-state index in [1.54, 1.807) is 0 Å². The number of aromatic nitrogens is 4. The maximum atomic E-state index is 12.7. The van der Waals surface area contributed by atoms with Gasteiger partial charge in [0.15, 0.2) is 17.6 Å². The summed E-state index contributed by atoms with van der Waals surface area (Å²) in [5.41, 5.74) is 3.76. The SMILES string of the molecule is Cc1ccc(-c2ccsc2C(=O)OC(C)C(=O)Nc2ncnc3nc[nH]c23)cc1. The predicted molar refractivity (Wildman–Crippen MR) is 110 cm³/mol. The fourth-order valence-electron chi connectivity index (χ4n) is 2.77. The first-order valence-electron chi connectivity index (χ1n) is 8.83. The van der Waals surface area contributed by atoms with Gasteiger partial charge in [-0.05, 0) is 30.9 Å². The number of benzene rings is 1. The van der Waals surface area contributed by atoms with E-state index in [1.807, 2.05) is 42.6 Å². The second kappa shape index (κ2) is 7.80. The summed E-state index contributed by atoms with van der Waals surface area (Å²) in [7, 11) is 0. The van der Waals surface area contributed by atoms with Crippen molar-refractivity contribution in [1.82, 2.24) is 19.9 Å². The lowest BCUT2D eigenvalue weighted by Crippen LogP contribution is -2.30. The Labute approximate surface area is 170 Å². The van der Waals surface area contributed by atoms with E-state index in [9.17, 15) is 9.59 Å². The monoisotopic (exact) mass is 407 g/mol. The van der Waals surface area contributed by atoms with E-state index in [-0.39, 0.29) is 5.82 Å². The number of amides is 1. The van der Waals surface area contributed by atoms with Gasteiger partial charge in [-0.15, -0.1) is 11.3 Å². The third kappa shape index (κ3) is 3.85. The van der Waals surface area contributed by atoms with Gasteiger partial charge < -0.3 is 15.0 Å². The van der Waals surface area contributed by atoms with Crippen molar-refractivity contribution in [3.63, 3.8) is 0 Å². The van der Waals surface area contributed by atoms with Crippen LogP contribution in [0.25, 0.3) is 22.3 Å². The first kappa shape index (κ1) is 18.8. The number of nitrogens with one attached hydrogen (secondary N) is 2. The number of ether oxygens (including phenoxy) is 1. The molecule has 4 rings (SSSR count). The van der Waals surface area contributed by atoms with Gasteiger partial charge in [0.05, 0.1) is 6.33 Å². The molecule has 1 atom stereocenters. The summed E-state index contributed by atoms with van der Waals surface area (Å²) >= 11 is 1.28. The van der Waals surface area contributed by atoms with Gasteiger partial charge in [0, 0.05) is 5.56 Å². The molecule has 2 N–H and O–H groups in total. The molecule has 0 aliphatic heterocycles. The Morgan fingerprint density at radius 2 is 1.93 bits per heavy atom. The number of aromatic amines is 1. The number of H-pyrrole nitrogens is 1. The molecule has 0 aliphatic carbocycles. The summed E-state index contributed by atoms with van der Waals surface area (Å²) in [5.74, 6) is -0.772.